The normalized spacial score (nSPS) is 10.9. The number of rotatable bonds is 9. The molecule has 0 atom stereocenters. The number of hydrogen-bond acceptors (Lipinski definition) is 4. The molecule has 1 aromatic heterocycles. The maximum absolute atomic E-state index is 5.63. The monoisotopic (exact) mass is 441 g/mol. The van der Waals surface area contributed by atoms with Gasteiger partial charge in [-0.1, -0.05) is 24.3 Å². The van der Waals surface area contributed by atoms with E-state index in [1.54, 1.807) is 11.3 Å². The number of hydrogen-bond donors (Lipinski definition) is 0. The lowest BCUT2D eigenvalue weighted by Crippen LogP contribution is -2.10. The van der Waals surface area contributed by atoms with Crippen LogP contribution >= 0.6 is 11.3 Å². The zero-order chi connectivity index (χ0) is 22.2. The topological polar surface area (TPSA) is 21.7 Å². The van der Waals surface area contributed by atoms with E-state index in [1.807, 2.05) is 38.1 Å². The number of thiophene rings is 1. The van der Waals surface area contributed by atoms with Gasteiger partial charge >= 0.3 is 0 Å². The Morgan fingerprint density at radius 3 is 1.59 bits per heavy atom. The van der Waals surface area contributed by atoms with Crippen molar-refractivity contribution in [3.05, 3.63) is 101 Å². The predicted octanol–water partition coefficient (Wildman–Crippen LogP) is 8.19. The van der Waals surface area contributed by atoms with Gasteiger partial charge in [-0.3, -0.25) is 0 Å². The van der Waals surface area contributed by atoms with Crippen molar-refractivity contribution in [3.8, 4) is 11.5 Å². The van der Waals surface area contributed by atoms with Crippen LogP contribution in [-0.2, 0) is 0 Å². The summed E-state index contributed by atoms with van der Waals surface area (Å²) in [5, 5.41) is 2.09. The standard InChI is InChI=1S/C28H27NO2S/c1-3-30-26-16-12-24(13-17-26)29(25-14-18-27(19-15-25)31-4-2)23-10-7-22(8-11-23)9-20-28-6-5-21-32-28/h5-21H,3-4H2,1-2H3/b20-9+. The van der Waals surface area contributed by atoms with Gasteiger partial charge in [0.15, 0.2) is 0 Å². The van der Waals surface area contributed by atoms with Crippen LogP contribution in [-0.4, -0.2) is 13.2 Å². The minimum Gasteiger partial charge on any atom is -0.494 e. The van der Waals surface area contributed by atoms with Crippen molar-refractivity contribution in [2.75, 3.05) is 18.1 Å². The van der Waals surface area contributed by atoms with Crippen molar-refractivity contribution < 1.29 is 9.47 Å². The molecule has 3 nitrogen and oxygen atoms in total. The molecule has 0 aliphatic carbocycles. The third-order valence-corrected chi connectivity index (χ3v) is 5.78. The van der Waals surface area contributed by atoms with Crippen LogP contribution in [0.5, 0.6) is 11.5 Å². The second kappa shape index (κ2) is 10.7. The molecule has 0 N–H and O–H groups in total. The Morgan fingerprint density at radius 2 is 1.16 bits per heavy atom. The summed E-state index contributed by atoms with van der Waals surface area (Å²) in [4.78, 5) is 3.48. The summed E-state index contributed by atoms with van der Waals surface area (Å²) in [6.45, 7) is 5.30. The molecular formula is C28H27NO2S. The van der Waals surface area contributed by atoms with Gasteiger partial charge in [-0.2, -0.15) is 0 Å². The molecule has 0 saturated carbocycles. The highest BCUT2D eigenvalue weighted by molar-refractivity contribution is 7.10. The van der Waals surface area contributed by atoms with Gasteiger partial charge in [-0.15, -0.1) is 11.3 Å². The van der Waals surface area contributed by atoms with Gasteiger partial charge in [0, 0.05) is 21.9 Å². The first-order valence-electron chi connectivity index (χ1n) is 10.8. The second-order valence-electron chi connectivity index (χ2n) is 7.13. The van der Waals surface area contributed by atoms with Crippen molar-refractivity contribution in [1.82, 2.24) is 0 Å². The van der Waals surface area contributed by atoms with Crippen LogP contribution in [0.15, 0.2) is 90.3 Å². The van der Waals surface area contributed by atoms with Crippen LogP contribution in [0.3, 0.4) is 0 Å². The zero-order valence-electron chi connectivity index (χ0n) is 18.4. The van der Waals surface area contributed by atoms with E-state index in [9.17, 15) is 0 Å². The predicted molar refractivity (Wildman–Crippen MR) is 137 cm³/mol. The van der Waals surface area contributed by atoms with E-state index in [0.717, 1.165) is 28.6 Å². The lowest BCUT2D eigenvalue weighted by molar-refractivity contribution is 0.340. The van der Waals surface area contributed by atoms with Crippen LogP contribution in [0.4, 0.5) is 17.1 Å². The number of anilines is 3. The summed E-state index contributed by atoms with van der Waals surface area (Å²) in [7, 11) is 0. The molecule has 4 heteroatoms. The molecule has 0 bridgehead atoms. The maximum atomic E-state index is 5.63. The fourth-order valence-corrected chi connectivity index (χ4v) is 4.08. The molecule has 0 aliphatic rings. The highest BCUT2D eigenvalue weighted by Gasteiger charge is 2.13. The Labute approximate surface area is 194 Å². The molecule has 0 radical (unpaired) electrons. The third-order valence-electron chi connectivity index (χ3n) is 4.95. The summed E-state index contributed by atoms with van der Waals surface area (Å²) < 4.78 is 11.3. The van der Waals surface area contributed by atoms with Gasteiger partial charge in [-0.25, -0.2) is 0 Å². The van der Waals surface area contributed by atoms with Gasteiger partial charge in [0.1, 0.15) is 11.5 Å². The number of benzene rings is 3. The molecule has 0 aliphatic heterocycles. The van der Waals surface area contributed by atoms with E-state index < -0.39 is 0 Å². The fourth-order valence-electron chi connectivity index (χ4n) is 3.46. The second-order valence-corrected chi connectivity index (χ2v) is 8.11. The van der Waals surface area contributed by atoms with Gasteiger partial charge in [0.2, 0.25) is 0 Å². The van der Waals surface area contributed by atoms with E-state index >= 15 is 0 Å². The Morgan fingerprint density at radius 1 is 0.656 bits per heavy atom. The molecule has 0 saturated heterocycles. The first-order chi connectivity index (χ1) is 15.8. The minimum atomic E-state index is 0.655. The summed E-state index contributed by atoms with van der Waals surface area (Å²) in [6.07, 6.45) is 4.30. The quantitative estimate of drug-likeness (QED) is 0.261. The van der Waals surface area contributed by atoms with Crippen molar-refractivity contribution >= 4 is 40.6 Å². The molecular weight excluding hydrogens is 414 g/mol. The average Bonchev–Trinajstić information content (AvgIpc) is 3.35. The summed E-state index contributed by atoms with van der Waals surface area (Å²) >= 11 is 1.74. The van der Waals surface area contributed by atoms with Crippen LogP contribution in [0.1, 0.15) is 24.3 Å². The van der Waals surface area contributed by atoms with E-state index in [0.29, 0.717) is 13.2 Å². The fraction of sp³-hybridized carbons (Fsp3) is 0.143. The molecule has 0 unspecified atom stereocenters. The van der Waals surface area contributed by atoms with E-state index in [2.05, 4.69) is 83.1 Å². The Kier molecular flexibility index (Phi) is 7.26. The first-order valence-corrected chi connectivity index (χ1v) is 11.7. The molecule has 3 aromatic carbocycles. The summed E-state index contributed by atoms with van der Waals surface area (Å²) in [5.41, 5.74) is 4.39. The van der Waals surface area contributed by atoms with E-state index in [4.69, 9.17) is 9.47 Å². The van der Waals surface area contributed by atoms with Gasteiger partial charge < -0.3 is 14.4 Å². The van der Waals surface area contributed by atoms with Crippen molar-refractivity contribution in [2.24, 2.45) is 0 Å². The third kappa shape index (κ3) is 5.40. The van der Waals surface area contributed by atoms with Crippen molar-refractivity contribution in [3.63, 3.8) is 0 Å². The molecule has 4 aromatic rings. The maximum Gasteiger partial charge on any atom is 0.119 e. The van der Waals surface area contributed by atoms with Crippen LogP contribution in [0.2, 0.25) is 0 Å². The molecule has 0 fully saturated rings. The van der Waals surface area contributed by atoms with Gasteiger partial charge in [0.05, 0.1) is 13.2 Å². The van der Waals surface area contributed by atoms with Crippen LogP contribution in [0, 0.1) is 0 Å². The number of nitrogens with zero attached hydrogens (tertiary/aromatic N) is 1. The zero-order valence-corrected chi connectivity index (χ0v) is 19.2. The van der Waals surface area contributed by atoms with Gasteiger partial charge in [-0.05, 0) is 97.6 Å². The van der Waals surface area contributed by atoms with Crippen LogP contribution in [0.25, 0.3) is 12.2 Å². The van der Waals surface area contributed by atoms with E-state index in [1.165, 1.54) is 10.4 Å². The minimum absolute atomic E-state index is 0.655. The molecule has 0 amide bonds. The Hall–Kier alpha value is -3.50. The van der Waals surface area contributed by atoms with Gasteiger partial charge in [0.25, 0.3) is 0 Å². The Bertz CT molecular complexity index is 1070. The molecule has 1 heterocycles. The summed E-state index contributed by atoms with van der Waals surface area (Å²) in [6, 6.07) is 29.2. The largest absolute Gasteiger partial charge is 0.494 e. The van der Waals surface area contributed by atoms with Crippen molar-refractivity contribution in [2.45, 2.75) is 13.8 Å². The number of ether oxygens (including phenoxy) is 2. The average molecular weight is 442 g/mol. The molecule has 32 heavy (non-hydrogen) atoms. The summed E-state index contributed by atoms with van der Waals surface area (Å²) in [5.74, 6) is 1.74. The lowest BCUT2D eigenvalue weighted by atomic mass is 10.1. The highest BCUT2D eigenvalue weighted by atomic mass is 32.1. The SMILES string of the molecule is CCOc1ccc(N(c2ccc(/C=C/c3cccs3)cc2)c2ccc(OCC)cc2)cc1. The van der Waals surface area contributed by atoms with Crippen LogP contribution < -0.4 is 14.4 Å². The smallest absolute Gasteiger partial charge is 0.119 e. The molecule has 162 valence electrons. The van der Waals surface area contributed by atoms with Crippen molar-refractivity contribution in [1.29, 1.82) is 0 Å². The molecule has 0 spiro atoms. The molecule has 4 rings (SSSR count). The first kappa shape index (κ1) is 21.7. The van der Waals surface area contributed by atoms with E-state index in [-0.39, 0.29) is 0 Å². The lowest BCUT2D eigenvalue weighted by Gasteiger charge is -2.26. The Balaban J connectivity index is 1.65. The highest BCUT2D eigenvalue weighted by Crippen LogP contribution is 2.36.